The van der Waals surface area contributed by atoms with E-state index in [4.69, 9.17) is 22.3 Å². The number of carbonyl (C=O) groups is 3. The van der Waals surface area contributed by atoms with Crippen molar-refractivity contribution in [1.29, 1.82) is 0 Å². The minimum absolute atomic E-state index is 0. The van der Waals surface area contributed by atoms with Crippen molar-refractivity contribution in [3.05, 3.63) is 0 Å². The first-order valence-electron chi connectivity index (χ1n) is 6.07. The minimum Gasteiger partial charge on any atom is -0.550 e. The van der Waals surface area contributed by atoms with Gasteiger partial charge in [-0.25, -0.2) is 0 Å². The molecule has 0 aliphatic carbocycles. The smallest absolute Gasteiger partial charge is 0.550 e. The maximum Gasteiger partial charge on any atom is 1.00 e. The van der Waals surface area contributed by atoms with Gasteiger partial charge in [0.1, 0.15) is 6.04 Å². The SMILES string of the molecule is NC(CCC(=O)[O-])C(=O)[O-].NCCCCC(N)C(=O)O.[K+].[K+]. The topological polar surface area (TPSA) is 196 Å². The number of hydrogen-bond acceptors (Lipinski definition) is 8. The molecular weight excluding hydrogens is 348 g/mol. The molecule has 0 aromatic heterocycles. The molecule has 0 bridgehead atoms. The van der Waals surface area contributed by atoms with Crippen molar-refractivity contribution in [3.8, 4) is 0 Å². The Bertz CT molecular complexity index is 320. The molecular formula is C11H21K2N3O6. The van der Waals surface area contributed by atoms with Crippen molar-refractivity contribution in [2.75, 3.05) is 6.54 Å². The summed E-state index contributed by atoms with van der Waals surface area (Å²) in [4.78, 5) is 29.7. The zero-order valence-corrected chi connectivity index (χ0v) is 19.4. The molecule has 2 atom stereocenters. The van der Waals surface area contributed by atoms with Gasteiger partial charge in [0.25, 0.3) is 0 Å². The summed E-state index contributed by atoms with van der Waals surface area (Å²) >= 11 is 0. The average molecular weight is 370 g/mol. The molecule has 0 aromatic carbocycles. The number of rotatable bonds is 9. The van der Waals surface area contributed by atoms with E-state index < -0.39 is 30.0 Å². The summed E-state index contributed by atoms with van der Waals surface area (Å²) < 4.78 is 0. The van der Waals surface area contributed by atoms with Crippen molar-refractivity contribution in [1.82, 2.24) is 0 Å². The molecule has 0 amide bonds. The Balaban J connectivity index is -0.000000135. The Hall–Kier alpha value is 1.56. The molecule has 22 heavy (non-hydrogen) atoms. The number of aliphatic carboxylic acids is 3. The Morgan fingerprint density at radius 3 is 1.77 bits per heavy atom. The van der Waals surface area contributed by atoms with E-state index in [1.54, 1.807) is 0 Å². The van der Waals surface area contributed by atoms with Gasteiger partial charge in [-0.1, -0.05) is 6.42 Å². The standard InChI is InChI=1S/C6H14N2O2.C5H9NO4.2K/c7-4-2-1-3-5(8)6(9)10;6-3(5(9)10)1-2-4(7)8;;/h5H,1-4,7-8H2,(H,9,10);3H,1-2,6H2,(H,7,8)(H,9,10);;/q;;2*+1/p-2. The second-order valence-corrected chi connectivity index (χ2v) is 4.07. The van der Waals surface area contributed by atoms with Crippen LogP contribution in [-0.4, -0.2) is 41.6 Å². The van der Waals surface area contributed by atoms with Gasteiger partial charge in [0, 0.05) is 12.0 Å². The summed E-state index contributed by atoms with van der Waals surface area (Å²) in [5.74, 6) is -3.69. The molecule has 2 unspecified atom stereocenters. The molecule has 0 saturated heterocycles. The first kappa shape index (κ1) is 31.3. The van der Waals surface area contributed by atoms with E-state index in [9.17, 15) is 24.6 Å². The number of carboxylic acids is 3. The molecule has 11 heteroatoms. The van der Waals surface area contributed by atoms with E-state index in [1.807, 2.05) is 0 Å². The molecule has 118 valence electrons. The van der Waals surface area contributed by atoms with Gasteiger partial charge in [-0.3, -0.25) is 4.79 Å². The molecule has 0 radical (unpaired) electrons. The van der Waals surface area contributed by atoms with Crippen LogP contribution in [0, 0.1) is 0 Å². The van der Waals surface area contributed by atoms with Gasteiger partial charge >= 0.3 is 109 Å². The zero-order chi connectivity index (χ0) is 16.1. The average Bonchev–Trinajstić information content (AvgIpc) is 2.36. The third-order valence-electron chi connectivity index (χ3n) is 2.25. The molecule has 7 N–H and O–H groups in total. The molecule has 0 saturated carbocycles. The summed E-state index contributed by atoms with van der Waals surface area (Å²) in [5.41, 5.74) is 15.3. The molecule has 0 aliphatic rings. The third kappa shape index (κ3) is 23.8. The van der Waals surface area contributed by atoms with E-state index in [2.05, 4.69) is 0 Å². The number of hydrogen-bond donors (Lipinski definition) is 4. The summed E-state index contributed by atoms with van der Waals surface area (Å²) in [6.07, 6.45) is 1.66. The summed E-state index contributed by atoms with van der Waals surface area (Å²) in [6, 6.07) is -1.93. The van der Waals surface area contributed by atoms with Crippen LogP contribution >= 0.6 is 0 Å². The van der Waals surface area contributed by atoms with Crippen LogP contribution in [0.5, 0.6) is 0 Å². The van der Waals surface area contributed by atoms with Gasteiger partial charge in [0.2, 0.25) is 0 Å². The van der Waals surface area contributed by atoms with E-state index in [-0.39, 0.29) is 116 Å². The van der Waals surface area contributed by atoms with Crippen molar-refractivity contribution in [3.63, 3.8) is 0 Å². The molecule has 0 fully saturated rings. The second kappa shape index (κ2) is 20.6. The molecule has 0 aromatic rings. The largest absolute Gasteiger partial charge is 1.00 e. The van der Waals surface area contributed by atoms with Crippen LogP contribution in [0.1, 0.15) is 32.1 Å². The van der Waals surface area contributed by atoms with Crippen LogP contribution in [0.25, 0.3) is 0 Å². The van der Waals surface area contributed by atoms with Gasteiger partial charge in [0.15, 0.2) is 0 Å². The van der Waals surface area contributed by atoms with Gasteiger partial charge in [-0.05, 0) is 32.2 Å². The Kier molecular flexibility index (Phi) is 29.4. The quantitative estimate of drug-likeness (QED) is 0.225. The predicted octanol–water partition coefficient (Wildman–Crippen LogP) is -9.87. The van der Waals surface area contributed by atoms with E-state index in [0.29, 0.717) is 13.0 Å². The van der Waals surface area contributed by atoms with Crippen molar-refractivity contribution < 1.29 is 132 Å². The van der Waals surface area contributed by atoms with Crippen LogP contribution in [-0.2, 0) is 14.4 Å². The van der Waals surface area contributed by atoms with Gasteiger partial charge in [-0.2, -0.15) is 0 Å². The predicted molar refractivity (Wildman–Crippen MR) is 65.7 cm³/mol. The van der Waals surface area contributed by atoms with Crippen LogP contribution in [0.15, 0.2) is 0 Å². The Morgan fingerprint density at radius 2 is 1.45 bits per heavy atom. The fourth-order valence-corrected chi connectivity index (χ4v) is 1.02. The summed E-state index contributed by atoms with van der Waals surface area (Å²) in [5, 5.41) is 27.9. The molecule has 0 heterocycles. The van der Waals surface area contributed by atoms with Crippen molar-refractivity contribution in [2.45, 2.75) is 44.2 Å². The number of carboxylic acid groups (broad SMARTS) is 3. The summed E-state index contributed by atoms with van der Waals surface area (Å²) in [7, 11) is 0. The monoisotopic (exact) mass is 369 g/mol. The second-order valence-electron chi connectivity index (χ2n) is 4.07. The van der Waals surface area contributed by atoms with Gasteiger partial charge in [0.05, 0.1) is 5.97 Å². The number of nitrogens with two attached hydrogens (primary N) is 3. The van der Waals surface area contributed by atoms with Crippen LogP contribution in [0.2, 0.25) is 0 Å². The first-order valence-corrected chi connectivity index (χ1v) is 6.07. The van der Waals surface area contributed by atoms with Crippen molar-refractivity contribution >= 4 is 17.9 Å². The van der Waals surface area contributed by atoms with Crippen LogP contribution in [0.4, 0.5) is 0 Å². The molecule has 0 rings (SSSR count). The van der Waals surface area contributed by atoms with Gasteiger partial charge in [-0.15, -0.1) is 0 Å². The fraction of sp³-hybridized carbons (Fsp3) is 0.727. The number of carbonyl (C=O) groups excluding carboxylic acids is 2. The minimum atomic E-state index is -1.44. The molecule has 0 spiro atoms. The maximum atomic E-state index is 10.1. The van der Waals surface area contributed by atoms with Crippen LogP contribution < -0.4 is 130 Å². The first-order chi connectivity index (χ1) is 9.22. The van der Waals surface area contributed by atoms with Crippen LogP contribution in [0.3, 0.4) is 0 Å². The molecule has 0 aliphatic heterocycles. The van der Waals surface area contributed by atoms with Crippen molar-refractivity contribution in [2.24, 2.45) is 17.2 Å². The Labute approximate surface area is 214 Å². The Morgan fingerprint density at radius 1 is 0.955 bits per heavy atom. The van der Waals surface area contributed by atoms with E-state index >= 15 is 0 Å². The third-order valence-corrected chi connectivity index (χ3v) is 2.25. The van der Waals surface area contributed by atoms with Gasteiger partial charge < -0.3 is 42.1 Å². The van der Waals surface area contributed by atoms with E-state index in [0.717, 1.165) is 12.8 Å². The fourth-order valence-electron chi connectivity index (χ4n) is 1.02. The normalized spacial score (nSPS) is 11.6. The molecule has 9 nitrogen and oxygen atoms in total. The van der Waals surface area contributed by atoms with E-state index in [1.165, 1.54) is 0 Å². The maximum absolute atomic E-state index is 10.1. The number of unbranched alkanes of at least 4 members (excludes halogenated alkanes) is 1. The summed E-state index contributed by atoms with van der Waals surface area (Å²) in [6.45, 7) is 0.604. The zero-order valence-electron chi connectivity index (χ0n) is 13.1.